The number of rotatable bonds is 24. The average Bonchev–Trinajstić information content (AvgIpc) is 3.32. The van der Waals surface area contributed by atoms with Crippen LogP contribution in [0.4, 0.5) is 9.59 Å². The fourth-order valence-corrected chi connectivity index (χ4v) is 5.67. The Morgan fingerprint density at radius 3 is 1.65 bits per heavy atom. The maximum atomic E-state index is 12.2. The normalized spacial score (nSPS) is 19.7. The quantitative estimate of drug-likeness (QED) is 0.115. The van der Waals surface area contributed by atoms with Crippen LogP contribution in [0.5, 0.6) is 0 Å². The van der Waals surface area contributed by atoms with Gasteiger partial charge in [0.25, 0.3) is 0 Å². The number of hydrogen-bond acceptors (Lipinski definition) is 6. The third-order valence-electron chi connectivity index (χ3n) is 8.37. The van der Waals surface area contributed by atoms with Crippen LogP contribution in [0, 0.1) is 0 Å². The van der Waals surface area contributed by atoms with E-state index in [0.29, 0.717) is 19.5 Å². The van der Waals surface area contributed by atoms with Crippen LogP contribution in [0.25, 0.3) is 0 Å². The van der Waals surface area contributed by atoms with E-state index >= 15 is 0 Å². The lowest BCUT2D eigenvalue weighted by Crippen LogP contribution is -2.41. The molecule has 246 valence electrons. The first-order chi connectivity index (χ1) is 20.8. The van der Waals surface area contributed by atoms with E-state index in [-0.39, 0.29) is 13.2 Å². The van der Waals surface area contributed by atoms with Gasteiger partial charge in [-0.1, -0.05) is 109 Å². The van der Waals surface area contributed by atoms with Crippen molar-refractivity contribution in [3.05, 3.63) is 30.1 Å². The number of pyridine rings is 1. The maximum Gasteiger partial charge on any atom is 0.407 e. The van der Waals surface area contributed by atoms with Crippen LogP contribution in [-0.2, 0) is 20.6 Å². The molecule has 1 saturated heterocycles. The summed E-state index contributed by atoms with van der Waals surface area (Å²) in [5, 5.41) is 5.62. The second-order valence-electron chi connectivity index (χ2n) is 12.9. The second-order valence-corrected chi connectivity index (χ2v) is 12.9. The first-order valence-electron chi connectivity index (χ1n) is 17.3. The Morgan fingerprint density at radius 1 is 0.721 bits per heavy atom. The number of amides is 2. The molecular formula is C35H61N3O5. The lowest BCUT2D eigenvalue weighted by Gasteiger charge is -2.29. The molecule has 43 heavy (non-hydrogen) atoms. The van der Waals surface area contributed by atoms with Crippen LogP contribution in [0.3, 0.4) is 0 Å². The van der Waals surface area contributed by atoms with Crippen molar-refractivity contribution in [3.8, 4) is 0 Å². The molecule has 2 unspecified atom stereocenters. The SMILES string of the molecule is CCCCCCCCCCCCCCCCCCNC(=O)OCC1(C)CCC(C)(COC(=O)NCCc2ccccn2)O1. The van der Waals surface area contributed by atoms with Crippen LogP contribution in [0.1, 0.15) is 142 Å². The molecule has 2 heterocycles. The molecule has 2 amide bonds. The maximum absolute atomic E-state index is 12.2. The van der Waals surface area contributed by atoms with Gasteiger partial charge in [-0.05, 0) is 45.2 Å². The highest BCUT2D eigenvalue weighted by Crippen LogP contribution is 2.38. The first-order valence-corrected chi connectivity index (χ1v) is 17.3. The van der Waals surface area contributed by atoms with Gasteiger partial charge in [0.2, 0.25) is 0 Å². The lowest BCUT2D eigenvalue weighted by molar-refractivity contribution is -0.126. The molecule has 0 aromatic carbocycles. The molecule has 1 aliphatic heterocycles. The summed E-state index contributed by atoms with van der Waals surface area (Å²) >= 11 is 0. The number of alkyl carbamates (subject to hydrolysis) is 2. The molecule has 2 atom stereocenters. The summed E-state index contributed by atoms with van der Waals surface area (Å²) in [7, 11) is 0. The molecule has 1 aromatic heterocycles. The van der Waals surface area contributed by atoms with Gasteiger partial charge in [-0.25, -0.2) is 9.59 Å². The Bertz CT molecular complexity index is 870. The minimum atomic E-state index is -0.611. The number of ether oxygens (including phenoxy) is 3. The Kier molecular flexibility index (Phi) is 19.0. The third kappa shape index (κ3) is 18.1. The highest BCUT2D eigenvalue weighted by atomic mass is 16.6. The summed E-state index contributed by atoms with van der Waals surface area (Å²) in [4.78, 5) is 28.6. The van der Waals surface area contributed by atoms with E-state index < -0.39 is 23.4 Å². The van der Waals surface area contributed by atoms with Crippen molar-refractivity contribution in [2.24, 2.45) is 0 Å². The Balaban J connectivity index is 1.40. The van der Waals surface area contributed by atoms with E-state index in [1.807, 2.05) is 32.0 Å². The van der Waals surface area contributed by atoms with E-state index in [9.17, 15) is 9.59 Å². The molecule has 1 aliphatic rings. The zero-order chi connectivity index (χ0) is 31.1. The minimum Gasteiger partial charge on any atom is -0.447 e. The van der Waals surface area contributed by atoms with Gasteiger partial charge in [0, 0.05) is 31.4 Å². The molecule has 0 bridgehead atoms. The third-order valence-corrected chi connectivity index (χ3v) is 8.37. The predicted molar refractivity (Wildman–Crippen MR) is 173 cm³/mol. The molecule has 0 radical (unpaired) electrons. The van der Waals surface area contributed by atoms with E-state index in [4.69, 9.17) is 14.2 Å². The molecule has 1 aromatic rings. The summed E-state index contributed by atoms with van der Waals surface area (Å²) in [5.74, 6) is 0. The molecule has 1 fully saturated rings. The summed E-state index contributed by atoms with van der Waals surface area (Å²) in [6.45, 7) is 7.54. The van der Waals surface area contributed by atoms with Gasteiger partial charge in [-0.3, -0.25) is 4.98 Å². The van der Waals surface area contributed by atoms with Crippen molar-refractivity contribution in [3.63, 3.8) is 0 Å². The fraction of sp³-hybridized carbons (Fsp3) is 0.800. The van der Waals surface area contributed by atoms with Crippen molar-refractivity contribution < 1.29 is 23.8 Å². The molecular weight excluding hydrogens is 542 g/mol. The average molecular weight is 604 g/mol. The van der Waals surface area contributed by atoms with Gasteiger partial charge in [0.15, 0.2) is 0 Å². The van der Waals surface area contributed by atoms with E-state index in [2.05, 4.69) is 22.5 Å². The number of aromatic nitrogens is 1. The van der Waals surface area contributed by atoms with Gasteiger partial charge in [0.1, 0.15) is 24.4 Å². The molecule has 0 saturated carbocycles. The van der Waals surface area contributed by atoms with Crippen molar-refractivity contribution in [1.82, 2.24) is 15.6 Å². The zero-order valence-electron chi connectivity index (χ0n) is 27.6. The van der Waals surface area contributed by atoms with Gasteiger partial charge in [-0.15, -0.1) is 0 Å². The van der Waals surface area contributed by atoms with E-state index in [1.165, 1.54) is 89.9 Å². The minimum absolute atomic E-state index is 0.142. The van der Waals surface area contributed by atoms with Crippen LogP contribution in [-0.4, -0.2) is 54.7 Å². The number of nitrogens with one attached hydrogen (secondary N) is 2. The lowest BCUT2D eigenvalue weighted by atomic mass is 9.99. The number of unbranched alkanes of at least 4 members (excludes halogenated alkanes) is 15. The molecule has 2 N–H and O–H groups in total. The predicted octanol–water partition coefficient (Wildman–Crippen LogP) is 8.67. The largest absolute Gasteiger partial charge is 0.447 e. The van der Waals surface area contributed by atoms with Crippen molar-refractivity contribution in [2.75, 3.05) is 26.3 Å². The molecule has 8 nitrogen and oxygen atoms in total. The number of carbonyl (C=O) groups excluding carboxylic acids is 2. The van der Waals surface area contributed by atoms with Crippen LogP contribution >= 0.6 is 0 Å². The Morgan fingerprint density at radius 2 is 1.19 bits per heavy atom. The highest BCUT2D eigenvalue weighted by molar-refractivity contribution is 5.67. The fourth-order valence-electron chi connectivity index (χ4n) is 5.67. The van der Waals surface area contributed by atoms with Crippen LogP contribution in [0.2, 0.25) is 0 Å². The molecule has 2 rings (SSSR count). The standard InChI is InChI=1S/C35H61N3O5/c1-4-5-6-7-8-9-10-11-12-13-14-15-16-17-18-20-27-37-32(39)41-29-34(2)24-25-35(3,43-34)30-42-33(40)38-28-23-31-22-19-21-26-36-31/h19,21-22,26H,4-18,20,23-25,27-30H2,1-3H3,(H,37,39)(H,38,40). The Hall–Kier alpha value is -2.35. The summed E-state index contributed by atoms with van der Waals surface area (Å²) < 4.78 is 17.1. The van der Waals surface area contributed by atoms with E-state index in [0.717, 1.165) is 31.4 Å². The molecule has 8 heteroatoms. The van der Waals surface area contributed by atoms with Crippen molar-refractivity contribution in [2.45, 2.75) is 154 Å². The van der Waals surface area contributed by atoms with Crippen LogP contribution in [0.15, 0.2) is 24.4 Å². The molecule has 0 spiro atoms. The first kappa shape index (κ1) is 36.8. The zero-order valence-corrected chi connectivity index (χ0v) is 27.6. The second kappa shape index (κ2) is 22.2. The summed E-state index contributed by atoms with van der Waals surface area (Å²) in [6, 6.07) is 5.71. The van der Waals surface area contributed by atoms with Gasteiger partial charge in [-0.2, -0.15) is 0 Å². The molecule has 0 aliphatic carbocycles. The van der Waals surface area contributed by atoms with Gasteiger partial charge >= 0.3 is 12.2 Å². The van der Waals surface area contributed by atoms with Crippen molar-refractivity contribution >= 4 is 12.2 Å². The number of carbonyl (C=O) groups is 2. The van der Waals surface area contributed by atoms with E-state index in [1.54, 1.807) is 6.20 Å². The summed E-state index contributed by atoms with van der Waals surface area (Å²) in [5.41, 5.74) is -0.293. The van der Waals surface area contributed by atoms with Gasteiger partial charge in [0.05, 0.1) is 0 Å². The monoisotopic (exact) mass is 603 g/mol. The number of hydrogen-bond donors (Lipinski definition) is 2. The number of nitrogens with zero attached hydrogens (tertiary/aromatic N) is 1. The summed E-state index contributed by atoms with van der Waals surface area (Å²) in [6.07, 6.45) is 24.2. The topological polar surface area (TPSA) is 98.8 Å². The smallest absolute Gasteiger partial charge is 0.407 e. The Labute approximate surface area is 261 Å². The van der Waals surface area contributed by atoms with Gasteiger partial charge < -0.3 is 24.8 Å². The van der Waals surface area contributed by atoms with Crippen molar-refractivity contribution in [1.29, 1.82) is 0 Å². The highest BCUT2D eigenvalue weighted by Gasteiger charge is 2.45. The van der Waals surface area contributed by atoms with Crippen LogP contribution < -0.4 is 10.6 Å².